The van der Waals surface area contributed by atoms with E-state index in [1.54, 1.807) is 19.9 Å². The van der Waals surface area contributed by atoms with E-state index in [1.165, 1.54) is 0 Å². The van der Waals surface area contributed by atoms with Crippen molar-refractivity contribution in [2.45, 2.75) is 38.8 Å². The summed E-state index contributed by atoms with van der Waals surface area (Å²) in [7, 11) is 0. The number of aliphatic hydroxyl groups is 2. The summed E-state index contributed by atoms with van der Waals surface area (Å²) < 4.78 is 0. The molecule has 2 aliphatic carbocycles. The maximum Gasteiger partial charge on any atom is 0.309 e. The van der Waals surface area contributed by atoms with Gasteiger partial charge in [0.15, 0.2) is 0 Å². The van der Waals surface area contributed by atoms with Crippen molar-refractivity contribution in [3.05, 3.63) is 24.8 Å². The highest BCUT2D eigenvalue weighted by molar-refractivity contribution is 5.83. The zero-order valence-electron chi connectivity index (χ0n) is 13.5. The number of amides is 1. The summed E-state index contributed by atoms with van der Waals surface area (Å²) in [5.74, 6) is -2.41. The van der Waals surface area contributed by atoms with E-state index in [-0.39, 0.29) is 12.5 Å². The molecule has 0 saturated heterocycles. The second kappa shape index (κ2) is 6.09. The van der Waals surface area contributed by atoms with Crippen molar-refractivity contribution in [2.24, 2.45) is 22.7 Å². The number of aliphatic hydroxyl groups excluding tert-OH is 2. The maximum atomic E-state index is 12.3. The Kier molecular flexibility index (Phi) is 4.69. The lowest BCUT2D eigenvalue weighted by Crippen LogP contribution is -2.53. The van der Waals surface area contributed by atoms with E-state index < -0.39 is 40.8 Å². The third-order valence-electron chi connectivity index (χ3n) is 5.23. The third kappa shape index (κ3) is 2.93. The number of allylic oxidation sites excluding steroid dienone is 2. The molecule has 0 radical (unpaired) electrons. The molecule has 0 aromatic rings. The molecule has 128 valence electrons. The van der Waals surface area contributed by atoms with E-state index in [2.05, 4.69) is 11.9 Å². The fraction of sp³-hybridized carbons (Fsp3) is 0.647. The van der Waals surface area contributed by atoms with Gasteiger partial charge in [-0.3, -0.25) is 9.59 Å². The highest BCUT2D eigenvalue weighted by Crippen LogP contribution is 2.55. The highest BCUT2D eigenvalue weighted by atomic mass is 16.4. The summed E-state index contributed by atoms with van der Waals surface area (Å²) in [6.45, 7) is 6.51. The molecule has 6 heteroatoms. The van der Waals surface area contributed by atoms with Crippen molar-refractivity contribution < 1.29 is 24.9 Å². The molecule has 2 aliphatic rings. The molecule has 2 bridgehead atoms. The van der Waals surface area contributed by atoms with Gasteiger partial charge in [-0.2, -0.15) is 0 Å². The van der Waals surface area contributed by atoms with Crippen LogP contribution in [0.25, 0.3) is 0 Å². The number of nitrogens with one attached hydrogen (secondary N) is 1. The van der Waals surface area contributed by atoms with Gasteiger partial charge in [-0.1, -0.05) is 32.1 Å². The highest BCUT2D eigenvalue weighted by Gasteiger charge is 2.58. The van der Waals surface area contributed by atoms with Crippen LogP contribution in [0.2, 0.25) is 0 Å². The second-order valence-electron chi connectivity index (χ2n) is 7.35. The van der Waals surface area contributed by atoms with Crippen molar-refractivity contribution in [1.29, 1.82) is 0 Å². The molecule has 0 heterocycles. The van der Waals surface area contributed by atoms with Crippen LogP contribution in [0, 0.1) is 22.7 Å². The van der Waals surface area contributed by atoms with Crippen LogP contribution in [-0.4, -0.2) is 45.9 Å². The van der Waals surface area contributed by atoms with Gasteiger partial charge in [-0.25, -0.2) is 0 Å². The Balaban J connectivity index is 2.20. The molecule has 1 fully saturated rings. The fourth-order valence-electron chi connectivity index (χ4n) is 3.79. The van der Waals surface area contributed by atoms with Crippen LogP contribution in [0.1, 0.15) is 26.7 Å². The predicted molar refractivity (Wildman–Crippen MR) is 84.4 cm³/mol. The molecule has 0 aromatic heterocycles. The quantitative estimate of drug-likeness (QED) is 0.516. The van der Waals surface area contributed by atoms with E-state index in [9.17, 15) is 24.9 Å². The molecular weight excluding hydrogens is 298 g/mol. The van der Waals surface area contributed by atoms with Gasteiger partial charge in [0.25, 0.3) is 0 Å². The first-order valence-corrected chi connectivity index (χ1v) is 7.81. The van der Waals surface area contributed by atoms with Gasteiger partial charge in [-0.15, -0.1) is 6.58 Å². The van der Waals surface area contributed by atoms with Crippen molar-refractivity contribution in [3.63, 3.8) is 0 Å². The molecular formula is C17H25NO5. The van der Waals surface area contributed by atoms with E-state index in [0.717, 1.165) is 0 Å². The summed E-state index contributed by atoms with van der Waals surface area (Å²) in [6, 6.07) is -0.561. The van der Waals surface area contributed by atoms with Crippen LogP contribution < -0.4 is 5.32 Å². The van der Waals surface area contributed by atoms with Crippen LogP contribution in [0.3, 0.4) is 0 Å². The third-order valence-corrected chi connectivity index (χ3v) is 5.23. The Morgan fingerprint density at radius 2 is 2.17 bits per heavy atom. The first-order valence-electron chi connectivity index (χ1n) is 7.81. The molecule has 23 heavy (non-hydrogen) atoms. The monoisotopic (exact) mass is 323 g/mol. The number of carbonyl (C=O) groups excluding carboxylic acids is 1. The molecule has 5 atom stereocenters. The number of hydrogen-bond donors (Lipinski definition) is 4. The minimum atomic E-state index is -1.40. The van der Waals surface area contributed by atoms with Gasteiger partial charge in [0.1, 0.15) is 6.10 Å². The minimum Gasteiger partial charge on any atom is -0.481 e. The van der Waals surface area contributed by atoms with Crippen molar-refractivity contribution in [2.75, 3.05) is 6.61 Å². The van der Waals surface area contributed by atoms with Crippen LogP contribution in [0.5, 0.6) is 0 Å². The summed E-state index contributed by atoms with van der Waals surface area (Å²) in [5.41, 5.74) is -1.51. The Morgan fingerprint density at radius 1 is 1.52 bits per heavy atom. The number of fused-ring (bicyclic) bond motifs is 2. The number of aliphatic carboxylic acids is 1. The van der Waals surface area contributed by atoms with E-state index >= 15 is 0 Å². The molecule has 1 saturated carbocycles. The van der Waals surface area contributed by atoms with Crippen LogP contribution >= 0.6 is 0 Å². The predicted octanol–water partition coefficient (Wildman–Crippen LogP) is 0.704. The lowest BCUT2D eigenvalue weighted by Gasteiger charge is -2.35. The van der Waals surface area contributed by atoms with E-state index in [4.69, 9.17) is 0 Å². The molecule has 1 amide bonds. The van der Waals surface area contributed by atoms with Gasteiger partial charge in [0.2, 0.25) is 5.91 Å². The number of carbonyl (C=O) groups is 2. The Labute approximate surface area is 135 Å². The van der Waals surface area contributed by atoms with Crippen molar-refractivity contribution >= 4 is 11.9 Å². The standard InChI is InChI=1S/C17H25NO5/c1-4-6-17-7-5-10(8-17)12(11(17)15(22)23)18-14(21)13(20)16(2,3)9-19/h4-5,7,10-13,19-20H,1,6,8-9H2,2-3H3,(H,18,21)(H,22,23)/t10-,11-,12-,13?,17+/m0/s1. The van der Waals surface area contributed by atoms with E-state index in [1.807, 2.05) is 12.2 Å². The molecule has 0 spiro atoms. The largest absolute Gasteiger partial charge is 0.481 e. The van der Waals surface area contributed by atoms with Crippen molar-refractivity contribution in [3.8, 4) is 0 Å². The lowest BCUT2D eigenvalue weighted by atomic mass is 9.73. The lowest BCUT2D eigenvalue weighted by molar-refractivity contribution is -0.147. The minimum absolute atomic E-state index is 0.0653. The Morgan fingerprint density at radius 3 is 2.70 bits per heavy atom. The Bertz CT molecular complexity index is 541. The molecule has 4 N–H and O–H groups in total. The molecule has 6 nitrogen and oxygen atoms in total. The average Bonchev–Trinajstić information content (AvgIpc) is 3.02. The van der Waals surface area contributed by atoms with E-state index in [0.29, 0.717) is 12.8 Å². The normalized spacial score (nSPS) is 33.5. The van der Waals surface area contributed by atoms with Crippen LogP contribution in [-0.2, 0) is 9.59 Å². The topological polar surface area (TPSA) is 107 Å². The first kappa shape index (κ1) is 17.7. The molecule has 2 rings (SSSR count). The number of rotatable bonds is 7. The van der Waals surface area contributed by atoms with Gasteiger partial charge in [0.05, 0.1) is 12.5 Å². The maximum absolute atomic E-state index is 12.3. The first-order chi connectivity index (χ1) is 10.7. The fourth-order valence-corrected chi connectivity index (χ4v) is 3.79. The van der Waals surface area contributed by atoms with Crippen LogP contribution in [0.15, 0.2) is 24.8 Å². The number of hydrogen-bond acceptors (Lipinski definition) is 4. The van der Waals surface area contributed by atoms with Gasteiger partial charge >= 0.3 is 5.97 Å². The van der Waals surface area contributed by atoms with Gasteiger partial charge in [0, 0.05) is 16.9 Å². The zero-order chi connectivity index (χ0) is 17.4. The molecule has 0 aromatic carbocycles. The second-order valence-corrected chi connectivity index (χ2v) is 7.35. The van der Waals surface area contributed by atoms with Gasteiger partial charge in [-0.05, 0) is 18.8 Å². The summed E-state index contributed by atoms with van der Waals surface area (Å²) in [6.07, 6.45) is 5.36. The van der Waals surface area contributed by atoms with Gasteiger partial charge < -0.3 is 20.6 Å². The zero-order valence-corrected chi connectivity index (χ0v) is 13.5. The number of carboxylic acids is 1. The SMILES string of the molecule is C=CC[C@@]12C=C[C@@H](C1)[C@H](NC(=O)C(O)C(C)(C)CO)[C@H]2C(=O)O. The number of carboxylic acid groups (broad SMARTS) is 1. The molecule has 1 unspecified atom stereocenters. The van der Waals surface area contributed by atoms with Crippen molar-refractivity contribution in [1.82, 2.24) is 5.32 Å². The Hall–Kier alpha value is -1.66. The summed E-state index contributed by atoms with van der Waals surface area (Å²) in [5, 5.41) is 31.7. The summed E-state index contributed by atoms with van der Waals surface area (Å²) in [4.78, 5) is 24.1. The molecule has 0 aliphatic heterocycles. The summed E-state index contributed by atoms with van der Waals surface area (Å²) >= 11 is 0. The van der Waals surface area contributed by atoms with Crippen LogP contribution in [0.4, 0.5) is 0 Å². The average molecular weight is 323 g/mol. The smallest absolute Gasteiger partial charge is 0.309 e.